The van der Waals surface area contributed by atoms with Crippen molar-refractivity contribution in [3.63, 3.8) is 0 Å². The zero-order valence-electron chi connectivity index (χ0n) is 11.6. The number of nitrogens with one attached hydrogen (secondary N) is 1. The van der Waals surface area contributed by atoms with E-state index < -0.39 is 17.4 Å². The van der Waals surface area contributed by atoms with E-state index >= 15 is 0 Å². The van der Waals surface area contributed by atoms with Crippen LogP contribution in [-0.4, -0.2) is 48.8 Å². The van der Waals surface area contributed by atoms with Gasteiger partial charge in [0.15, 0.2) is 17.4 Å². The maximum absolute atomic E-state index is 13.1. The molecular weight excluding hydrogens is 282 g/mol. The van der Waals surface area contributed by atoms with Gasteiger partial charge in [0, 0.05) is 32.6 Å². The zero-order valence-corrected chi connectivity index (χ0v) is 11.6. The molecule has 7 heteroatoms. The molecule has 1 aliphatic heterocycles. The first-order valence-corrected chi connectivity index (χ1v) is 6.81. The van der Waals surface area contributed by atoms with Crippen LogP contribution in [0.5, 0.6) is 5.75 Å². The molecule has 0 atom stereocenters. The van der Waals surface area contributed by atoms with Gasteiger partial charge >= 0.3 is 0 Å². The zero-order chi connectivity index (χ0) is 15.2. The summed E-state index contributed by atoms with van der Waals surface area (Å²) in [6.07, 6.45) is 0.322. The van der Waals surface area contributed by atoms with E-state index in [0.717, 1.165) is 12.1 Å². The third kappa shape index (κ3) is 4.37. The molecule has 2 rings (SSSR count). The molecule has 2 N–H and O–H groups in total. The Morgan fingerprint density at radius 2 is 1.90 bits per heavy atom. The normalized spacial score (nSPS) is 15.2. The fourth-order valence-corrected chi connectivity index (χ4v) is 2.12. The van der Waals surface area contributed by atoms with Crippen LogP contribution in [0.1, 0.15) is 12.0 Å². The summed E-state index contributed by atoms with van der Waals surface area (Å²) in [5.74, 6) is -2.91. The molecule has 0 aliphatic carbocycles. The van der Waals surface area contributed by atoms with Crippen molar-refractivity contribution in [3.05, 3.63) is 29.3 Å². The number of benzene rings is 1. The number of phenolic OH excluding ortho intramolecular Hbond substituents is 1. The fraction of sp³-hybridized carbons (Fsp3) is 0.500. The molecule has 5 nitrogen and oxygen atoms in total. The molecule has 0 bridgehead atoms. The summed E-state index contributed by atoms with van der Waals surface area (Å²) >= 11 is 0. The van der Waals surface area contributed by atoms with E-state index in [9.17, 15) is 13.6 Å². The van der Waals surface area contributed by atoms with Gasteiger partial charge < -0.3 is 20.1 Å². The average Bonchev–Trinajstić information content (AvgIpc) is 2.49. The second kappa shape index (κ2) is 7.33. The molecule has 1 heterocycles. The highest BCUT2D eigenvalue weighted by molar-refractivity contribution is 5.76. The first-order valence-electron chi connectivity index (χ1n) is 6.81. The van der Waals surface area contributed by atoms with Crippen LogP contribution in [0.15, 0.2) is 12.1 Å². The molecule has 1 aromatic carbocycles. The Morgan fingerprint density at radius 3 is 2.52 bits per heavy atom. The molecule has 1 fully saturated rings. The molecule has 0 saturated carbocycles. The van der Waals surface area contributed by atoms with Gasteiger partial charge in [-0.2, -0.15) is 0 Å². The number of hydrogen-bond acceptors (Lipinski definition) is 4. The average molecular weight is 300 g/mol. The van der Waals surface area contributed by atoms with Gasteiger partial charge in [-0.25, -0.2) is 8.78 Å². The van der Waals surface area contributed by atoms with Crippen LogP contribution in [-0.2, 0) is 16.1 Å². The van der Waals surface area contributed by atoms with Crippen LogP contribution in [0.2, 0.25) is 0 Å². The summed E-state index contributed by atoms with van der Waals surface area (Å²) in [5, 5.41) is 11.9. The van der Waals surface area contributed by atoms with Crippen molar-refractivity contribution in [1.82, 2.24) is 10.2 Å². The minimum absolute atomic E-state index is 0.0360. The van der Waals surface area contributed by atoms with Gasteiger partial charge in [-0.15, -0.1) is 0 Å². The SMILES string of the molecule is O=C(CCNCc1cc(F)c(O)c(F)c1)N1CCOCC1. The summed E-state index contributed by atoms with van der Waals surface area (Å²) in [6, 6.07) is 2.13. The highest BCUT2D eigenvalue weighted by atomic mass is 19.1. The van der Waals surface area contributed by atoms with Gasteiger partial charge in [-0.05, 0) is 17.7 Å². The standard InChI is InChI=1S/C14H18F2N2O3/c15-11-7-10(8-12(16)14(11)20)9-17-2-1-13(19)18-3-5-21-6-4-18/h7-8,17,20H,1-6,9H2. The number of hydrogen-bond donors (Lipinski definition) is 2. The molecule has 1 aromatic rings. The monoisotopic (exact) mass is 300 g/mol. The quantitative estimate of drug-likeness (QED) is 0.797. The molecule has 1 saturated heterocycles. The van der Waals surface area contributed by atoms with Crippen molar-refractivity contribution in [1.29, 1.82) is 0 Å². The van der Waals surface area contributed by atoms with Gasteiger partial charge in [-0.3, -0.25) is 4.79 Å². The molecule has 0 spiro atoms. The molecule has 0 radical (unpaired) electrons. The van der Waals surface area contributed by atoms with Crippen LogP contribution >= 0.6 is 0 Å². The number of phenols is 1. The number of halogens is 2. The lowest BCUT2D eigenvalue weighted by Gasteiger charge is -2.26. The van der Waals surface area contributed by atoms with E-state index in [1.54, 1.807) is 4.90 Å². The van der Waals surface area contributed by atoms with Crippen LogP contribution in [0.4, 0.5) is 8.78 Å². The minimum atomic E-state index is -0.990. The Kier molecular flexibility index (Phi) is 5.46. The van der Waals surface area contributed by atoms with Crippen molar-refractivity contribution in [2.75, 3.05) is 32.8 Å². The summed E-state index contributed by atoms with van der Waals surface area (Å²) in [6.45, 7) is 2.97. The molecule has 1 aliphatic rings. The van der Waals surface area contributed by atoms with Gasteiger partial charge in [0.05, 0.1) is 13.2 Å². The fourth-order valence-electron chi connectivity index (χ4n) is 2.12. The molecule has 116 valence electrons. The minimum Gasteiger partial charge on any atom is -0.503 e. The number of ether oxygens (including phenoxy) is 1. The number of aromatic hydroxyl groups is 1. The molecule has 1 amide bonds. The van der Waals surface area contributed by atoms with Crippen molar-refractivity contribution < 1.29 is 23.4 Å². The topological polar surface area (TPSA) is 61.8 Å². The lowest BCUT2D eigenvalue weighted by atomic mass is 10.2. The number of amides is 1. The van der Waals surface area contributed by atoms with Gasteiger partial charge in [0.2, 0.25) is 5.91 Å². The summed E-state index contributed by atoms with van der Waals surface area (Å²) < 4.78 is 31.4. The molecule has 21 heavy (non-hydrogen) atoms. The highest BCUT2D eigenvalue weighted by Gasteiger charge is 2.16. The molecule has 0 unspecified atom stereocenters. The van der Waals surface area contributed by atoms with Crippen LogP contribution in [0.3, 0.4) is 0 Å². The van der Waals surface area contributed by atoms with Crippen LogP contribution in [0.25, 0.3) is 0 Å². The Balaban J connectivity index is 1.73. The summed E-state index contributed by atoms with van der Waals surface area (Å²) in [7, 11) is 0. The summed E-state index contributed by atoms with van der Waals surface area (Å²) in [4.78, 5) is 13.6. The second-order valence-electron chi connectivity index (χ2n) is 4.83. The van der Waals surface area contributed by atoms with Crippen molar-refractivity contribution in [3.8, 4) is 5.75 Å². The number of rotatable bonds is 5. The summed E-state index contributed by atoms with van der Waals surface area (Å²) in [5.41, 5.74) is 0.377. The third-order valence-electron chi connectivity index (χ3n) is 3.29. The Labute approximate surface area is 121 Å². The first-order chi connectivity index (χ1) is 10.1. The number of morpholine rings is 1. The third-order valence-corrected chi connectivity index (χ3v) is 3.29. The van der Waals surface area contributed by atoms with E-state index in [-0.39, 0.29) is 12.5 Å². The molecular formula is C14H18F2N2O3. The van der Waals surface area contributed by atoms with E-state index in [2.05, 4.69) is 5.32 Å². The maximum atomic E-state index is 13.1. The van der Waals surface area contributed by atoms with E-state index in [4.69, 9.17) is 9.84 Å². The lowest BCUT2D eigenvalue weighted by molar-refractivity contribution is -0.135. The van der Waals surface area contributed by atoms with Gasteiger partial charge in [-0.1, -0.05) is 0 Å². The van der Waals surface area contributed by atoms with Crippen molar-refractivity contribution in [2.45, 2.75) is 13.0 Å². The van der Waals surface area contributed by atoms with E-state index in [1.807, 2.05) is 0 Å². The number of carbonyl (C=O) groups is 1. The van der Waals surface area contributed by atoms with Gasteiger partial charge in [0.25, 0.3) is 0 Å². The highest BCUT2D eigenvalue weighted by Crippen LogP contribution is 2.21. The Bertz CT molecular complexity index is 482. The predicted molar refractivity (Wildman–Crippen MR) is 71.7 cm³/mol. The largest absolute Gasteiger partial charge is 0.503 e. The maximum Gasteiger partial charge on any atom is 0.224 e. The van der Waals surface area contributed by atoms with E-state index in [1.165, 1.54) is 0 Å². The van der Waals surface area contributed by atoms with E-state index in [0.29, 0.717) is 44.8 Å². The van der Waals surface area contributed by atoms with Crippen LogP contribution in [0, 0.1) is 11.6 Å². The Morgan fingerprint density at radius 1 is 1.29 bits per heavy atom. The molecule has 0 aromatic heterocycles. The Hall–Kier alpha value is -1.73. The van der Waals surface area contributed by atoms with Crippen molar-refractivity contribution >= 4 is 5.91 Å². The smallest absolute Gasteiger partial charge is 0.224 e. The predicted octanol–water partition coefficient (Wildman–Crippen LogP) is 1.01. The second-order valence-corrected chi connectivity index (χ2v) is 4.83. The van der Waals surface area contributed by atoms with Crippen LogP contribution < -0.4 is 5.32 Å². The van der Waals surface area contributed by atoms with Crippen molar-refractivity contribution in [2.24, 2.45) is 0 Å². The van der Waals surface area contributed by atoms with Gasteiger partial charge in [0.1, 0.15) is 0 Å². The lowest BCUT2D eigenvalue weighted by Crippen LogP contribution is -2.41. The first kappa shape index (κ1) is 15.7. The number of carbonyl (C=O) groups excluding carboxylic acids is 1. The number of nitrogens with zero attached hydrogens (tertiary/aromatic N) is 1.